The van der Waals surface area contributed by atoms with Crippen molar-refractivity contribution >= 4 is 35.6 Å². The van der Waals surface area contributed by atoms with E-state index in [9.17, 15) is 10.2 Å². The van der Waals surface area contributed by atoms with Gasteiger partial charge in [0.25, 0.3) is 0 Å². The van der Waals surface area contributed by atoms with Crippen molar-refractivity contribution in [2.75, 3.05) is 45.2 Å². The molecule has 0 spiro atoms. The van der Waals surface area contributed by atoms with Gasteiger partial charge < -0.3 is 24.7 Å². The van der Waals surface area contributed by atoms with Crippen molar-refractivity contribution in [3.8, 4) is 34.5 Å². The van der Waals surface area contributed by atoms with Gasteiger partial charge in [-0.2, -0.15) is 9.97 Å². The van der Waals surface area contributed by atoms with Crippen LogP contribution < -0.4 is 9.64 Å². The van der Waals surface area contributed by atoms with Gasteiger partial charge in [0, 0.05) is 47.8 Å². The minimum absolute atomic E-state index is 0.0118. The van der Waals surface area contributed by atoms with Gasteiger partial charge in [-0.15, -0.1) is 5.54 Å². The summed E-state index contributed by atoms with van der Waals surface area (Å²) >= 11 is 0. The van der Waals surface area contributed by atoms with Crippen LogP contribution in [0.15, 0.2) is 36.5 Å². The molecule has 0 bridgehead atoms. The molecule has 1 aliphatic carbocycles. The standard InChI is InChI=1S/C41H54FN5O3Si/c1-26(2)51(27(3)4,28(5)6)19-14-29-12-10-13-30-20-31(48)21-32(34(29)30)36-35(42)37-33(22-43-36)38(47-18-11-15-40(7,49)23-47)45-39(44-37)50-25-41(16-17-41)24-46(8)9/h10,12-13,20-22,26-28,48-49H,11,15-18,23-25H2,1-9H3. The number of β-amino-alcohol motifs (C(OH)–C–C–N with tert-alkyl or cyclic N) is 1. The Bertz CT molecular complexity index is 1970. The van der Waals surface area contributed by atoms with Gasteiger partial charge in [0.15, 0.2) is 5.82 Å². The highest BCUT2D eigenvalue weighted by atomic mass is 28.3. The number of aromatic nitrogens is 3. The van der Waals surface area contributed by atoms with E-state index in [4.69, 9.17) is 14.7 Å². The predicted octanol–water partition coefficient (Wildman–Crippen LogP) is 8.33. The summed E-state index contributed by atoms with van der Waals surface area (Å²) in [6, 6.07) is 9.19. The fourth-order valence-electron chi connectivity index (χ4n) is 8.64. The number of hydrogen-bond donors (Lipinski definition) is 2. The lowest BCUT2D eigenvalue weighted by atomic mass is 9.95. The number of halogens is 1. The first kappa shape index (κ1) is 37.0. The van der Waals surface area contributed by atoms with Crippen LogP contribution in [0.3, 0.4) is 0 Å². The molecule has 2 aliphatic rings. The number of phenolic OH excluding ortho intramolecular Hbond substituents is 1. The molecule has 0 radical (unpaired) electrons. The molecule has 272 valence electrons. The maximum Gasteiger partial charge on any atom is 0.319 e. The molecule has 3 heterocycles. The van der Waals surface area contributed by atoms with E-state index in [0.717, 1.165) is 42.1 Å². The third kappa shape index (κ3) is 7.31. The summed E-state index contributed by atoms with van der Waals surface area (Å²) in [6.45, 7) is 17.8. The van der Waals surface area contributed by atoms with E-state index in [1.807, 2.05) is 30.0 Å². The average molecular weight is 712 g/mol. The number of aliphatic hydroxyl groups is 1. The van der Waals surface area contributed by atoms with Gasteiger partial charge in [-0.05, 0) is 86.9 Å². The molecule has 1 unspecified atom stereocenters. The Hall–Kier alpha value is -3.78. The molecule has 1 saturated heterocycles. The molecular weight excluding hydrogens is 658 g/mol. The van der Waals surface area contributed by atoms with E-state index in [1.54, 1.807) is 18.3 Å². The fraction of sp³-hybridized carbons (Fsp3) is 0.537. The molecule has 4 aromatic rings. The number of piperidine rings is 1. The molecule has 8 nitrogen and oxygen atoms in total. The summed E-state index contributed by atoms with van der Waals surface area (Å²) in [4.78, 5) is 18.4. The van der Waals surface area contributed by atoms with Crippen LogP contribution in [0.1, 0.15) is 79.7 Å². The zero-order valence-electron chi connectivity index (χ0n) is 31.8. The molecule has 2 aromatic heterocycles. The second-order valence-corrected chi connectivity index (χ2v) is 22.2. The molecule has 1 saturated carbocycles. The zero-order chi connectivity index (χ0) is 36.9. The fourth-order valence-corrected chi connectivity index (χ4v) is 13.9. The van der Waals surface area contributed by atoms with Crippen molar-refractivity contribution < 1.29 is 19.3 Å². The highest BCUT2D eigenvalue weighted by molar-refractivity contribution is 6.90. The molecule has 0 amide bonds. The molecule has 2 N–H and O–H groups in total. The number of phenols is 1. The van der Waals surface area contributed by atoms with Crippen molar-refractivity contribution in [1.29, 1.82) is 0 Å². The minimum atomic E-state index is -2.07. The van der Waals surface area contributed by atoms with E-state index in [2.05, 4.69) is 77.0 Å². The van der Waals surface area contributed by atoms with Crippen LogP contribution in [0.4, 0.5) is 10.2 Å². The Morgan fingerprint density at radius 1 is 1.04 bits per heavy atom. The topological polar surface area (TPSA) is 94.8 Å². The van der Waals surface area contributed by atoms with E-state index >= 15 is 4.39 Å². The van der Waals surface area contributed by atoms with E-state index in [0.29, 0.717) is 59.5 Å². The zero-order valence-corrected chi connectivity index (χ0v) is 32.8. The highest BCUT2D eigenvalue weighted by Gasteiger charge is 2.44. The third-order valence-corrected chi connectivity index (χ3v) is 17.5. The second-order valence-electron chi connectivity index (χ2n) is 16.6. The number of ether oxygens (including phenoxy) is 1. The molecule has 2 aromatic carbocycles. The van der Waals surface area contributed by atoms with Gasteiger partial charge >= 0.3 is 6.01 Å². The van der Waals surface area contributed by atoms with Gasteiger partial charge in [-0.25, -0.2) is 4.39 Å². The molecule has 1 aliphatic heterocycles. The number of anilines is 1. The number of fused-ring (bicyclic) bond motifs is 2. The van der Waals surface area contributed by atoms with Crippen LogP contribution in [0.5, 0.6) is 11.8 Å². The Kier molecular flexibility index (Phi) is 10.1. The maximum atomic E-state index is 17.2. The first-order valence-corrected chi connectivity index (χ1v) is 20.7. The summed E-state index contributed by atoms with van der Waals surface area (Å²) < 4.78 is 23.5. The summed E-state index contributed by atoms with van der Waals surface area (Å²) in [5.41, 5.74) is 5.69. The number of nitrogens with zero attached hydrogens (tertiary/aromatic N) is 5. The van der Waals surface area contributed by atoms with Crippen molar-refractivity contribution in [3.05, 3.63) is 47.9 Å². The average Bonchev–Trinajstić information content (AvgIpc) is 3.81. The minimum Gasteiger partial charge on any atom is -0.508 e. The highest BCUT2D eigenvalue weighted by Crippen LogP contribution is 2.47. The molecular formula is C41H54FN5O3Si. The molecule has 51 heavy (non-hydrogen) atoms. The Balaban J connectivity index is 1.53. The molecule has 2 fully saturated rings. The van der Waals surface area contributed by atoms with Crippen LogP contribution in [0.2, 0.25) is 16.6 Å². The summed E-state index contributed by atoms with van der Waals surface area (Å²) in [7, 11) is 2.03. The first-order chi connectivity index (χ1) is 24.1. The first-order valence-electron chi connectivity index (χ1n) is 18.5. The Labute approximate surface area is 303 Å². The smallest absolute Gasteiger partial charge is 0.319 e. The number of benzene rings is 2. The third-order valence-electron chi connectivity index (χ3n) is 11.2. The van der Waals surface area contributed by atoms with Gasteiger partial charge in [-0.3, -0.25) is 4.98 Å². The molecule has 6 rings (SSSR count). The van der Waals surface area contributed by atoms with Gasteiger partial charge in [0.1, 0.15) is 30.9 Å². The summed E-state index contributed by atoms with van der Waals surface area (Å²) in [5.74, 6) is 3.46. The van der Waals surface area contributed by atoms with E-state index in [1.165, 1.54) is 0 Å². The lowest BCUT2D eigenvalue weighted by Crippen LogP contribution is -2.46. The lowest BCUT2D eigenvalue weighted by Gasteiger charge is -2.38. The van der Waals surface area contributed by atoms with Crippen LogP contribution in [-0.2, 0) is 0 Å². The predicted molar refractivity (Wildman–Crippen MR) is 208 cm³/mol. The maximum absolute atomic E-state index is 17.2. The molecule has 1 atom stereocenters. The van der Waals surface area contributed by atoms with Crippen molar-refractivity contribution in [3.63, 3.8) is 0 Å². The van der Waals surface area contributed by atoms with E-state index < -0.39 is 19.5 Å². The Morgan fingerprint density at radius 2 is 1.75 bits per heavy atom. The van der Waals surface area contributed by atoms with Crippen molar-refractivity contribution in [2.45, 2.75) is 96.4 Å². The van der Waals surface area contributed by atoms with Crippen LogP contribution in [0, 0.1) is 22.7 Å². The summed E-state index contributed by atoms with van der Waals surface area (Å²) in [6.07, 6.45) is 5.15. The monoisotopic (exact) mass is 711 g/mol. The molecule has 10 heteroatoms. The van der Waals surface area contributed by atoms with Crippen LogP contribution >= 0.6 is 0 Å². The van der Waals surface area contributed by atoms with Gasteiger partial charge in [-0.1, -0.05) is 59.6 Å². The van der Waals surface area contributed by atoms with Gasteiger partial charge in [0.2, 0.25) is 0 Å². The van der Waals surface area contributed by atoms with Crippen LogP contribution in [-0.4, -0.2) is 84.1 Å². The second kappa shape index (κ2) is 14.0. The van der Waals surface area contributed by atoms with Gasteiger partial charge in [0.05, 0.1) is 17.6 Å². The van der Waals surface area contributed by atoms with Crippen molar-refractivity contribution in [2.24, 2.45) is 5.41 Å². The van der Waals surface area contributed by atoms with Crippen molar-refractivity contribution in [1.82, 2.24) is 19.9 Å². The SMILES string of the molecule is CC(C)[Si](C#Cc1cccc2cc(O)cc(-c3ncc4c(N5CCCC(C)(O)C5)nc(OCC5(CN(C)C)CC5)nc4c3F)c12)(C(C)C)C(C)C. The number of aromatic hydroxyl groups is 1. The number of hydrogen-bond acceptors (Lipinski definition) is 8. The number of pyridine rings is 1. The van der Waals surface area contributed by atoms with E-state index in [-0.39, 0.29) is 28.4 Å². The normalized spacial score (nSPS) is 19.0. The largest absolute Gasteiger partial charge is 0.508 e. The number of rotatable bonds is 10. The van der Waals surface area contributed by atoms with Crippen LogP contribution in [0.25, 0.3) is 32.9 Å². The summed E-state index contributed by atoms with van der Waals surface area (Å²) in [5, 5.41) is 23.8. The quantitative estimate of drug-likeness (QED) is 0.125. The Morgan fingerprint density at radius 3 is 2.37 bits per heavy atom. The lowest BCUT2D eigenvalue weighted by molar-refractivity contribution is 0.0447.